The Morgan fingerprint density at radius 3 is 2.59 bits per heavy atom. The summed E-state index contributed by atoms with van der Waals surface area (Å²) in [5, 5.41) is 3.28. The van der Waals surface area contributed by atoms with Gasteiger partial charge in [-0.05, 0) is 110 Å². The van der Waals surface area contributed by atoms with Crippen LogP contribution in [-0.4, -0.2) is 12.5 Å². The van der Waals surface area contributed by atoms with E-state index in [0.717, 1.165) is 47.6 Å². The molecule has 4 aliphatic carbocycles. The summed E-state index contributed by atoms with van der Waals surface area (Å²) in [6.07, 6.45) is 13.0. The zero-order valence-electron chi connectivity index (χ0n) is 18.4. The van der Waals surface area contributed by atoms with Gasteiger partial charge in [0, 0.05) is 12.1 Å². The first kappa shape index (κ1) is 19.6. The molecule has 2 unspecified atom stereocenters. The average molecular weight is 394 g/mol. The molecule has 8 atom stereocenters. The first-order chi connectivity index (χ1) is 14.1. The molecule has 4 aliphatic rings. The number of carbonyl (C=O) groups is 1. The van der Waals surface area contributed by atoms with Gasteiger partial charge in [-0.2, -0.15) is 0 Å². The van der Waals surface area contributed by atoms with Crippen LogP contribution in [-0.2, 0) is 0 Å². The maximum Gasteiger partial charge on any atom is 0.251 e. The highest BCUT2D eigenvalue weighted by atomic mass is 16.1. The van der Waals surface area contributed by atoms with Gasteiger partial charge in [0.05, 0.1) is 0 Å². The van der Waals surface area contributed by atoms with Crippen LogP contribution in [0.5, 0.6) is 0 Å². The lowest BCUT2D eigenvalue weighted by Crippen LogP contribution is -2.49. The third kappa shape index (κ3) is 3.45. The van der Waals surface area contributed by atoms with Gasteiger partial charge in [0.2, 0.25) is 0 Å². The van der Waals surface area contributed by atoms with Crippen LogP contribution in [0.4, 0.5) is 0 Å². The van der Waals surface area contributed by atoms with E-state index in [1.54, 1.807) is 0 Å². The number of amides is 1. The molecule has 4 fully saturated rings. The number of fused-ring (bicyclic) bond motifs is 5. The Hall–Kier alpha value is -1.31. The van der Waals surface area contributed by atoms with E-state index in [9.17, 15) is 4.79 Å². The molecule has 5 rings (SSSR count). The van der Waals surface area contributed by atoms with E-state index in [-0.39, 0.29) is 5.91 Å². The minimum absolute atomic E-state index is 0.100. The van der Waals surface area contributed by atoms with Crippen LogP contribution in [0, 0.1) is 46.8 Å². The predicted octanol–water partition coefficient (Wildman–Crippen LogP) is 6.32. The summed E-state index contributed by atoms with van der Waals surface area (Å²) in [7, 11) is 0. The molecule has 2 nitrogen and oxygen atoms in total. The molecular weight excluding hydrogens is 354 g/mol. The van der Waals surface area contributed by atoms with Crippen LogP contribution in [0.3, 0.4) is 0 Å². The average Bonchev–Trinajstić information content (AvgIpc) is 3.08. The summed E-state index contributed by atoms with van der Waals surface area (Å²) in [4.78, 5) is 12.6. The fraction of sp³-hybridized carbons (Fsp3) is 0.741. The number of carbonyl (C=O) groups excluding carboxylic acids is 1. The monoisotopic (exact) mass is 393 g/mol. The molecule has 0 radical (unpaired) electrons. The molecule has 0 saturated heterocycles. The molecule has 1 N–H and O–H groups in total. The van der Waals surface area contributed by atoms with Crippen LogP contribution in [0.15, 0.2) is 30.3 Å². The molecule has 4 saturated carbocycles. The third-order valence-electron chi connectivity index (χ3n) is 9.96. The van der Waals surface area contributed by atoms with E-state index in [0.29, 0.717) is 11.3 Å². The lowest BCUT2D eigenvalue weighted by molar-refractivity contribution is -0.0665. The molecule has 0 spiro atoms. The van der Waals surface area contributed by atoms with E-state index < -0.39 is 0 Å². The number of hydrogen-bond acceptors (Lipinski definition) is 1. The van der Waals surface area contributed by atoms with Gasteiger partial charge in [-0.3, -0.25) is 4.79 Å². The Balaban J connectivity index is 1.25. The van der Waals surface area contributed by atoms with Crippen LogP contribution < -0.4 is 5.32 Å². The summed E-state index contributed by atoms with van der Waals surface area (Å²) >= 11 is 0. The Morgan fingerprint density at radius 1 is 0.966 bits per heavy atom. The van der Waals surface area contributed by atoms with Gasteiger partial charge in [0.15, 0.2) is 0 Å². The van der Waals surface area contributed by atoms with Crippen molar-refractivity contribution in [2.75, 3.05) is 6.54 Å². The van der Waals surface area contributed by atoms with Crippen molar-refractivity contribution in [3.05, 3.63) is 35.9 Å². The zero-order chi connectivity index (χ0) is 20.0. The fourth-order valence-electron chi connectivity index (χ4n) is 8.44. The van der Waals surface area contributed by atoms with E-state index in [4.69, 9.17) is 0 Å². The lowest BCUT2D eigenvalue weighted by atomic mass is 9.49. The van der Waals surface area contributed by atoms with Crippen molar-refractivity contribution in [2.45, 2.75) is 71.6 Å². The summed E-state index contributed by atoms with van der Waals surface area (Å²) in [6.45, 7) is 5.92. The molecule has 29 heavy (non-hydrogen) atoms. The molecule has 0 aliphatic heterocycles. The van der Waals surface area contributed by atoms with Gasteiger partial charge in [-0.25, -0.2) is 0 Å². The quantitative estimate of drug-likeness (QED) is 0.639. The number of benzene rings is 1. The van der Waals surface area contributed by atoms with E-state index in [1.807, 2.05) is 30.3 Å². The Morgan fingerprint density at radius 2 is 1.76 bits per heavy atom. The smallest absolute Gasteiger partial charge is 0.251 e. The minimum Gasteiger partial charge on any atom is -0.352 e. The second-order valence-electron chi connectivity index (χ2n) is 11.2. The van der Waals surface area contributed by atoms with Crippen molar-refractivity contribution in [3.63, 3.8) is 0 Å². The zero-order valence-corrected chi connectivity index (χ0v) is 18.4. The molecule has 2 heteroatoms. The van der Waals surface area contributed by atoms with Gasteiger partial charge in [0.25, 0.3) is 5.91 Å². The third-order valence-corrected chi connectivity index (χ3v) is 9.96. The highest BCUT2D eigenvalue weighted by molar-refractivity contribution is 5.94. The fourth-order valence-corrected chi connectivity index (χ4v) is 8.44. The topological polar surface area (TPSA) is 29.1 Å². The molecule has 0 heterocycles. The van der Waals surface area contributed by atoms with Crippen LogP contribution >= 0.6 is 0 Å². The minimum atomic E-state index is 0.100. The van der Waals surface area contributed by atoms with Crippen LogP contribution in [0.2, 0.25) is 0 Å². The van der Waals surface area contributed by atoms with Gasteiger partial charge in [0.1, 0.15) is 0 Å². The molecular formula is C27H39NO. The lowest BCUT2D eigenvalue weighted by Gasteiger charge is -2.56. The summed E-state index contributed by atoms with van der Waals surface area (Å²) < 4.78 is 0. The van der Waals surface area contributed by atoms with Crippen molar-refractivity contribution in [3.8, 4) is 0 Å². The van der Waals surface area contributed by atoms with Crippen molar-refractivity contribution in [1.29, 1.82) is 0 Å². The molecule has 158 valence electrons. The normalized spacial score (nSPS) is 43.7. The van der Waals surface area contributed by atoms with Gasteiger partial charge in [-0.1, -0.05) is 38.5 Å². The van der Waals surface area contributed by atoms with Gasteiger partial charge >= 0.3 is 0 Å². The predicted molar refractivity (Wildman–Crippen MR) is 119 cm³/mol. The maximum absolute atomic E-state index is 12.6. The second kappa shape index (κ2) is 7.75. The Kier molecular flexibility index (Phi) is 5.25. The summed E-state index contributed by atoms with van der Waals surface area (Å²) in [6, 6.07) is 9.71. The molecule has 0 aromatic heterocycles. The van der Waals surface area contributed by atoms with Crippen molar-refractivity contribution in [1.82, 2.24) is 5.32 Å². The van der Waals surface area contributed by atoms with Gasteiger partial charge < -0.3 is 5.32 Å². The number of hydrogen-bond donors (Lipinski definition) is 1. The largest absolute Gasteiger partial charge is 0.352 e. The SMILES string of the molecule is C[C@H]1CC[C@@H]2C3CC[C@@]4(C)C(CC[C@@H]4CNC(=O)c4ccccc4)[C@@H]3CC[C@@H]2C1. The first-order valence-electron chi connectivity index (χ1n) is 12.4. The standard InChI is InChI=1S/C27H39NO/c1-18-8-11-22-20(16-18)9-12-24-23(22)14-15-27(2)21(10-13-25(24)27)17-28-26(29)19-6-4-3-5-7-19/h3-7,18,20-25H,8-17H2,1-2H3,(H,28,29)/t18-,20+,21+,22-,23?,24+,25?,27+/m0/s1. The van der Waals surface area contributed by atoms with Crippen molar-refractivity contribution in [2.24, 2.45) is 46.8 Å². The van der Waals surface area contributed by atoms with E-state index in [2.05, 4.69) is 19.2 Å². The van der Waals surface area contributed by atoms with Crippen LogP contribution in [0.1, 0.15) is 82.0 Å². The van der Waals surface area contributed by atoms with E-state index >= 15 is 0 Å². The molecule has 0 bridgehead atoms. The van der Waals surface area contributed by atoms with E-state index in [1.165, 1.54) is 57.8 Å². The molecule has 1 aromatic carbocycles. The number of rotatable bonds is 3. The molecule has 1 amide bonds. The highest BCUT2D eigenvalue weighted by Crippen LogP contribution is 2.64. The van der Waals surface area contributed by atoms with Gasteiger partial charge in [-0.15, -0.1) is 0 Å². The van der Waals surface area contributed by atoms with Crippen LogP contribution in [0.25, 0.3) is 0 Å². The first-order valence-corrected chi connectivity index (χ1v) is 12.4. The van der Waals surface area contributed by atoms with Crippen molar-refractivity contribution >= 4 is 5.91 Å². The second-order valence-corrected chi connectivity index (χ2v) is 11.2. The Labute approximate surface area is 177 Å². The number of nitrogens with one attached hydrogen (secondary N) is 1. The van der Waals surface area contributed by atoms with Crippen molar-refractivity contribution < 1.29 is 4.79 Å². The maximum atomic E-state index is 12.6. The highest BCUT2D eigenvalue weighted by Gasteiger charge is 2.56. The summed E-state index contributed by atoms with van der Waals surface area (Å²) in [5.41, 5.74) is 1.24. The molecule has 1 aromatic rings. The summed E-state index contributed by atoms with van der Waals surface area (Å²) in [5.74, 6) is 6.67. The Bertz CT molecular complexity index is 729.